The highest BCUT2D eigenvalue weighted by Gasteiger charge is 2.39. The molecule has 0 bridgehead atoms. The fraction of sp³-hybridized carbons (Fsp3) is 0.417. The SMILES string of the molecule is NC(=S)c1cc(Br)ccc1N(CC(F)(F)F)C1CC1. The van der Waals surface area contributed by atoms with Crippen molar-refractivity contribution in [2.24, 2.45) is 5.73 Å². The van der Waals surface area contributed by atoms with Crippen LogP contribution in [-0.4, -0.2) is 23.8 Å². The maximum Gasteiger partial charge on any atom is 0.405 e. The molecule has 0 aliphatic heterocycles. The van der Waals surface area contributed by atoms with E-state index in [1.807, 2.05) is 0 Å². The summed E-state index contributed by atoms with van der Waals surface area (Å²) < 4.78 is 38.8. The third kappa shape index (κ3) is 3.82. The molecule has 0 unspecified atom stereocenters. The first-order valence-corrected chi connectivity index (χ1v) is 6.91. The average molecular weight is 353 g/mol. The Morgan fingerprint density at radius 2 is 2.05 bits per heavy atom. The van der Waals surface area contributed by atoms with E-state index < -0.39 is 12.7 Å². The number of alkyl halides is 3. The van der Waals surface area contributed by atoms with E-state index in [9.17, 15) is 13.2 Å². The summed E-state index contributed by atoms with van der Waals surface area (Å²) in [6.45, 7) is -0.977. The number of hydrogen-bond donors (Lipinski definition) is 1. The summed E-state index contributed by atoms with van der Waals surface area (Å²) in [5.74, 6) is 0. The van der Waals surface area contributed by atoms with Gasteiger partial charge in [-0.1, -0.05) is 28.1 Å². The van der Waals surface area contributed by atoms with Gasteiger partial charge in [-0.3, -0.25) is 0 Å². The third-order valence-electron chi connectivity index (χ3n) is 2.87. The van der Waals surface area contributed by atoms with Crippen molar-refractivity contribution in [2.45, 2.75) is 25.1 Å². The van der Waals surface area contributed by atoms with Gasteiger partial charge in [-0.25, -0.2) is 0 Å². The minimum absolute atomic E-state index is 0.0732. The smallest absolute Gasteiger partial charge is 0.389 e. The molecule has 0 saturated heterocycles. The Labute approximate surface area is 122 Å². The van der Waals surface area contributed by atoms with Gasteiger partial charge in [0.1, 0.15) is 11.5 Å². The van der Waals surface area contributed by atoms with Gasteiger partial charge in [0.2, 0.25) is 0 Å². The van der Waals surface area contributed by atoms with Crippen LogP contribution in [0.3, 0.4) is 0 Å². The van der Waals surface area contributed by atoms with Crippen molar-refractivity contribution in [2.75, 3.05) is 11.4 Å². The maximum absolute atomic E-state index is 12.7. The molecule has 19 heavy (non-hydrogen) atoms. The normalized spacial score (nSPS) is 15.4. The molecule has 2 nitrogen and oxygen atoms in total. The van der Waals surface area contributed by atoms with E-state index >= 15 is 0 Å². The lowest BCUT2D eigenvalue weighted by atomic mass is 10.1. The third-order valence-corrected chi connectivity index (χ3v) is 3.58. The molecule has 0 spiro atoms. The Bertz CT molecular complexity index is 500. The molecule has 0 amide bonds. The van der Waals surface area contributed by atoms with Gasteiger partial charge in [0.15, 0.2) is 0 Å². The van der Waals surface area contributed by atoms with Gasteiger partial charge >= 0.3 is 6.18 Å². The van der Waals surface area contributed by atoms with Crippen LogP contribution >= 0.6 is 28.1 Å². The van der Waals surface area contributed by atoms with E-state index in [1.165, 1.54) is 4.90 Å². The highest BCUT2D eigenvalue weighted by Crippen LogP contribution is 2.36. The number of thiocarbonyl (C=S) groups is 1. The molecule has 1 aromatic carbocycles. The molecule has 1 fully saturated rings. The largest absolute Gasteiger partial charge is 0.405 e. The minimum Gasteiger partial charge on any atom is -0.389 e. The van der Waals surface area contributed by atoms with E-state index in [1.54, 1.807) is 18.2 Å². The lowest BCUT2D eigenvalue weighted by molar-refractivity contribution is -0.120. The van der Waals surface area contributed by atoms with Crippen LogP contribution in [0.5, 0.6) is 0 Å². The standard InChI is InChI=1S/C12H12BrF3N2S/c13-7-1-4-10(9(5-7)11(17)19)18(8-2-3-8)6-12(14,15)16/h1,4-5,8H,2-3,6H2,(H2,17,19). The molecule has 2 N–H and O–H groups in total. The van der Waals surface area contributed by atoms with Crippen LogP contribution in [0, 0.1) is 0 Å². The lowest BCUT2D eigenvalue weighted by Gasteiger charge is -2.28. The summed E-state index contributed by atoms with van der Waals surface area (Å²) in [4.78, 5) is 1.45. The highest BCUT2D eigenvalue weighted by atomic mass is 79.9. The molecular weight excluding hydrogens is 341 g/mol. The second-order valence-electron chi connectivity index (χ2n) is 4.50. The molecule has 7 heteroatoms. The number of nitrogens with two attached hydrogens (primary N) is 1. The lowest BCUT2D eigenvalue weighted by Crippen LogP contribution is -2.37. The first-order valence-electron chi connectivity index (χ1n) is 5.70. The summed E-state index contributed by atoms with van der Waals surface area (Å²) in [5, 5.41) is 0. The van der Waals surface area contributed by atoms with Gasteiger partial charge in [0, 0.05) is 21.8 Å². The second-order valence-corrected chi connectivity index (χ2v) is 5.86. The maximum atomic E-state index is 12.7. The van der Waals surface area contributed by atoms with Crippen molar-refractivity contribution in [1.29, 1.82) is 0 Å². The molecule has 1 aliphatic carbocycles. The molecule has 0 aromatic heterocycles. The van der Waals surface area contributed by atoms with E-state index in [0.717, 1.165) is 17.3 Å². The molecule has 1 aliphatic rings. The Morgan fingerprint density at radius 3 is 2.53 bits per heavy atom. The van der Waals surface area contributed by atoms with Gasteiger partial charge in [0.25, 0.3) is 0 Å². The van der Waals surface area contributed by atoms with Gasteiger partial charge in [0.05, 0.1) is 0 Å². The van der Waals surface area contributed by atoms with Crippen molar-refractivity contribution in [3.63, 3.8) is 0 Å². The molecule has 0 radical (unpaired) electrons. The fourth-order valence-corrected chi connectivity index (χ4v) is 2.47. The van der Waals surface area contributed by atoms with E-state index in [0.29, 0.717) is 11.3 Å². The monoisotopic (exact) mass is 352 g/mol. The zero-order valence-corrected chi connectivity index (χ0v) is 12.3. The van der Waals surface area contributed by atoms with Gasteiger partial charge in [-0.2, -0.15) is 13.2 Å². The van der Waals surface area contributed by atoms with Gasteiger partial charge in [-0.05, 0) is 31.0 Å². The predicted octanol–water partition coefficient (Wildman–Crippen LogP) is 3.61. The summed E-state index contributed by atoms with van der Waals surface area (Å²) >= 11 is 8.20. The Kier molecular flexibility index (Phi) is 4.06. The van der Waals surface area contributed by atoms with Crippen molar-refractivity contribution < 1.29 is 13.2 Å². The summed E-state index contributed by atoms with van der Waals surface area (Å²) in [6.07, 6.45) is -2.71. The average Bonchev–Trinajstić information content (AvgIpc) is 3.08. The van der Waals surface area contributed by atoms with Crippen LogP contribution in [0.1, 0.15) is 18.4 Å². The highest BCUT2D eigenvalue weighted by molar-refractivity contribution is 9.10. The Balaban J connectivity index is 2.39. The first kappa shape index (κ1) is 14.6. The molecular formula is C12H12BrF3N2S. The summed E-state index contributed by atoms with van der Waals surface area (Å²) in [7, 11) is 0. The topological polar surface area (TPSA) is 29.3 Å². The van der Waals surface area contributed by atoms with Gasteiger partial charge < -0.3 is 10.6 Å². The summed E-state index contributed by atoms with van der Waals surface area (Å²) in [5.41, 5.74) is 6.54. The Hall–Kier alpha value is -0.820. The second kappa shape index (κ2) is 5.28. The number of halogens is 4. The predicted molar refractivity (Wildman–Crippen MR) is 76.5 cm³/mol. The summed E-state index contributed by atoms with van der Waals surface area (Å²) in [6, 6.07) is 4.91. The van der Waals surface area contributed by atoms with Crippen LogP contribution in [0.4, 0.5) is 18.9 Å². The molecule has 2 rings (SSSR count). The van der Waals surface area contributed by atoms with Crippen LogP contribution in [0.2, 0.25) is 0 Å². The molecule has 0 heterocycles. The van der Waals surface area contributed by atoms with E-state index in [2.05, 4.69) is 15.9 Å². The molecule has 1 aromatic rings. The quantitative estimate of drug-likeness (QED) is 0.839. The van der Waals surface area contributed by atoms with E-state index in [4.69, 9.17) is 18.0 Å². The van der Waals surface area contributed by atoms with Crippen molar-refractivity contribution >= 4 is 38.8 Å². The first-order chi connectivity index (χ1) is 8.78. The van der Waals surface area contributed by atoms with Crippen LogP contribution in [0.15, 0.2) is 22.7 Å². The number of anilines is 1. The minimum atomic E-state index is -4.25. The van der Waals surface area contributed by atoms with E-state index in [-0.39, 0.29) is 11.0 Å². The van der Waals surface area contributed by atoms with Crippen molar-refractivity contribution in [1.82, 2.24) is 0 Å². The molecule has 1 saturated carbocycles. The molecule has 104 valence electrons. The number of nitrogens with zero attached hydrogens (tertiary/aromatic N) is 1. The number of benzene rings is 1. The zero-order chi connectivity index (χ0) is 14.2. The van der Waals surface area contributed by atoms with Crippen molar-refractivity contribution in [3.05, 3.63) is 28.2 Å². The number of hydrogen-bond acceptors (Lipinski definition) is 2. The van der Waals surface area contributed by atoms with Crippen molar-refractivity contribution in [3.8, 4) is 0 Å². The number of rotatable bonds is 4. The fourth-order valence-electron chi connectivity index (χ4n) is 1.95. The van der Waals surface area contributed by atoms with Gasteiger partial charge in [-0.15, -0.1) is 0 Å². The zero-order valence-electron chi connectivity index (χ0n) is 9.88. The van der Waals surface area contributed by atoms with Crippen LogP contribution < -0.4 is 10.6 Å². The van der Waals surface area contributed by atoms with Crippen LogP contribution in [0.25, 0.3) is 0 Å². The molecule has 0 atom stereocenters. The van der Waals surface area contributed by atoms with Crippen LogP contribution in [-0.2, 0) is 0 Å². The Morgan fingerprint density at radius 1 is 1.42 bits per heavy atom.